The largest absolute Gasteiger partial charge is 0.477 e. The highest BCUT2D eigenvalue weighted by Crippen LogP contribution is 2.17. The molecule has 0 aliphatic carbocycles. The van der Waals surface area contributed by atoms with E-state index < -0.39 is 18.1 Å². The Morgan fingerprint density at radius 3 is 1.11 bits per heavy atom. The Bertz CT molecular complexity index is 1070. The molecular formula is C57H110NO7+. The third-order valence-corrected chi connectivity index (χ3v) is 13.2. The molecule has 8 nitrogen and oxygen atoms in total. The van der Waals surface area contributed by atoms with Crippen LogP contribution >= 0.6 is 0 Å². The Labute approximate surface area is 403 Å². The van der Waals surface area contributed by atoms with E-state index in [1.54, 1.807) is 0 Å². The van der Waals surface area contributed by atoms with Gasteiger partial charge in [-0.1, -0.05) is 238 Å². The van der Waals surface area contributed by atoms with Crippen LogP contribution in [-0.2, 0) is 28.6 Å². The molecule has 0 saturated carbocycles. The SMILES string of the molecule is CCCCCCCCCCCC/C=C/CCCCCCCCCC(=O)OC(COCCC(C(=O)O)[N+](C)(C)C)COC(=O)CCCCCCCCCCCCCCCCCCCCCC. The number of rotatable bonds is 52. The Kier molecular flexibility index (Phi) is 47.1. The number of unbranched alkanes of at least 4 members (excludes halogenated alkanes) is 36. The van der Waals surface area contributed by atoms with E-state index in [0.717, 1.165) is 38.5 Å². The van der Waals surface area contributed by atoms with Crippen molar-refractivity contribution in [1.82, 2.24) is 0 Å². The van der Waals surface area contributed by atoms with E-state index in [1.165, 1.54) is 212 Å². The third-order valence-electron chi connectivity index (χ3n) is 13.2. The van der Waals surface area contributed by atoms with E-state index in [2.05, 4.69) is 26.0 Å². The molecule has 0 spiro atoms. The zero-order chi connectivity index (χ0) is 47.7. The van der Waals surface area contributed by atoms with Crippen molar-refractivity contribution in [3.8, 4) is 0 Å². The lowest BCUT2D eigenvalue weighted by Crippen LogP contribution is -2.50. The molecule has 384 valence electrons. The molecule has 0 rings (SSSR count). The minimum atomic E-state index is -0.870. The van der Waals surface area contributed by atoms with Crippen molar-refractivity contribution < 1.29 is 38.2 Å². The van der Waals surface area contributed by atoms with Crippen LogP contribution in [0.5, 0.6) is 0 Å². The maximum Gasteiger partial charge on any atom is 0.362 e. The van der Waals surface area contributed by atoms with Gasteiger partial charge < -0.3 is 23.8 Å². The number of ether oxygens (including phenoxy) is 3. The summed E-state index contributed by atoms with van der Waals surface area (Å²) in [6.45, 7) is 4.80. The van der Waals surface area contributed by atoms with Crippen LogP contribution in [0.25, 0.3) is 0 Å². The summed E-state index contributed by atoms with van der Waals surface area (Å²) in [5, 5.41) is 9.67. The minimum absolute atomic E-state index is 0.0457. The van der Waals surface area contributed by atoms with Crippen molar-refractivity contribution in [1.29, 1.82) is 0 Å². The van der Waals surface area contributed by atoms with Gasteiger partial charge in [0.1, 0.15) is 6.61 Å². The minimum Gasteiger partial charge on any atom is -0.477 e. The molecule has 2 unspecified atom stereocenters. The zero-order valence-corrected chi connectivity index (χ0v) is 44.0. The van der Waals surface area contributed by atoms with Gasteiger partial charge in [-0.05, 0) is 38.5 Å². The van der Waals surface area contributed by atoms with Gasteiger partial charge in [-0.2, -0.15) is 0 Å². The van der Waals surface area contributed by atoms with Crippen molar-refractivity contribution in [3.63, 3.8) is 0 Å². The van der Waals surface area contributed by atoms with Crippen LogP contribution in [0.4, 0.5) is 0 Å². The number of likely N-dealkylation sites (N-methyl/N-ethyl adjacent to an activating group) is 1. The lowest BCUT2D eigenvalue weighted by molar-refractivity contribution is -0.887. The number of aliphatic carboxylic acids is 1. The predicted octanol–water partition coefficient (Wildman–Crippen LogP) is 16.6. The molecule has 2 atom stereocenters. The number of carbonyl (C=O) groups is 3. The number of carboxylic acid groups (broad SMARTS) is 1. The van der Waals surface area contributed by atoms with Gasteiger partial charge in [0.15, 0.2) is 12.1 Å². The molecule has 0 aromatic heterocycles. The molecule has 0 aliphatic rings. The van der Waals surface area contributed by atoms with Gasteiger partial charge in [-0.25, -0.2) is 4.79 Å². The highest BCUT2D eigenvalue weighted by molar-refractivity contribution is 5.72. The number of hydrogen-bond acceptors (Lipinski definition) is 6. The highest BCUT2D eigenvalue weighted by atomic mass is 16.6. The highest BCUT2D eigenvalue weighted by Gasteiger charge is 2.31. The first-order valence-electron chi connectivity index (χ1n) is 28.2. The second kappa shape index (κ2) is 48.5. The van der Waals surface area contributed by atoms with Crippen LogP contribution in [0, 0.1) is 0 Å². The number of esters is 2. The fourth-order valence-corrected chi connectivity index (χ4v) is 8.80. The molecule has 65 heavy (non-hydrogen) atoms. The van der Waals surface area contributed by atoms with E-state index in [4.69, 9.17) is 14.2 Å². The zero-order valence-electron chi connectivity index (χ0n) is 44.0. The van der Waals surface area contributed by atoms with Gasteiger partial charge in [0.05, 0.1) is 34.4 Å². The fraction of sp³-hybridized carbons (Fsp3) is 0.912. The lowest BCUT2D eigenvalue weighted by Gasteiger charge is -2.31. The molecule has 0 amide bonds. The summed E-state index contributed by atoms with van der Waals surface area (Å²) in [5.41, 5.74) is 0. The smallest absolute Gasteiger partial charge is 0.362 e. The quantitative estimate of drug-likeness (QED) is 0.0281. The molecular weight excluding hydrogens is 811 g/mol. The monoisotopic (exact) mass is 921 g/mol. The maximum atomic E-state index is 12.8. The average molecular weight is 922 g/mol. The van der Waals surface area contributed by atoms with Gasteiger partial charge in [0.2, 0.25) is 0 Å². The Balaban J connectivity index is 4.15. The molecule has 1 N–H and O–H groups in total. The number of carboxylic acids is 1. The topological polar surface area (TPSA) is 99.1 Å². The molecule has 8 heteroatoms. The van der Waals surface area contributed by atoms with E-state index in [0.29, 0.717) is 19.3 Å². The molecule has 0 aromatic rings. The first-order chi connectivity index (χ1) is 31.6. The summed E-state index contributed by atoms with van der Waals surface area (Å²) in [5.74, 6) is -1.45. The summed E-state index contributed by atoms with van der Waals surface area (Å²) in [6.07, 6.45) is 55.5. The second-order valence-electron chi connectivity index (χ2n) is 20.6. The Morgan fingerprint density at radius 2 is 0.769 bits per heavy atom. The number of allylic oxidation sites excluding steroid dienone is 2. The third kappa shape index (κ3) is 46.9. The van der Waals surface area contributed by atoms with Crippen LogP contribution in [0.3, 0.4) is 0 Å². The van der Waals surface area contributed by atoms with Crippen LogP contribution in [0.1, 0.15) is 284 Å². The summed E-state index contributed by atoms with van der Waals surface area (Å²) >= 11 is 0. The number of hydrogen-bond donors (Lipinski definition) is 1. The van der Waals surface area contributed by atoms with Crippen LogP contribution < -0.4 is 0 Å². The number of quaternary nitrogens is 1. The summed E-state index contributed by atoms with van der Waals surface area (Å²) in [7, 11) is 5.55. The molecule has 0 fully saturated rings. The molecule has 0 radical (unpaired) electrons. The summed E-state index contributed by atoms with van der Waals surface area (Å²) in [6, 6.07) is -0.612. The molecule has 0 aliphatic heterocycles. The van der Waals surface area contributed by atoms with Crippen molar-refractivity contribution in [2.24, 2.45) is 0 Å². The number of carbonyl (C=O) groups excluding carboxylic acids is 2. The Hall–Kier alpha value is -1.93. The van der Waals surface area contributed by atoms with Gasteiger partial charge in [0, 0.05) is 19.3 Å². The fourth-order valence-electron chi connectivity index (χ4n) is 8.80. The van der Waals surface area contributed by atoms with Crippen LogP contribution in [-0.4, -0.2) is 80.6 Å². The van der Waals surface area contributed by atoms with Crippen molar-refractivity contribution in [2.75, 3.05) is 41.0 Å². The first-order valence-corrected chi connectivity index (χ1v) is 28.2. The summed E-state index contributed by atoms with van der Waals surface area (Å²) in [4.78, 5) is 37.2. The molecule has 0 saturated heterocycles. The second-order valence-corrected chi connectivity index (χ2v) is 20.6. The number of nitrogens with zero attached hydrogens (tertiary/aromatic N) is 1. The van der Waals surface area contributed by atoms with Crippen LogP contribution in [0.2, 0.25) is 0 Å². The summed E-state index contributed by atoms with van der Waals surface area (Å²) < 4.78 is 17.4. The van der Waals surface area contributed by atoms with E-state index in [1.807, 2.05) is 21.1 Å². The van der Waals surface area contributed by atoms with Crippen molar-refractivity contribution in [3.05, 3.63) is 12.2 Å². The Morgan fingerprint density at radius 1 is 0.446 bits per heavy atom. The molecule has 0 heterocycles. The van der Waals surface area contributed by atoms with Gasteiger partial charge >= 0.3 is 17.9 Å². The van der Waals surface area contributed by atoms with Crippen molar-refractivity contribution >= 4 is 17.9 Å². The molecule has 0 aromatic carbocycles. The lowest BCUT2D eigenvalue weighted by atomic mass is 10.0. The van der Waals surface area contributed by atoms with E-state index in [-0.39, 0.29) is 36.2 Å². The van der Waals surface area contributed by atoms with Crippen molar-refractivity contribution in [2.45, 2.75) is 296 Å². The van der Waals surface area contributed by atoms with E-state index in [9.17, 15) is 19.5 Å². The maximum absolute atomic E-state index is 12.8. The normalized spacial score (nSPS) is 12.8. The first kappa shape index (κ1) is 63.1. The van der Waals surface area contributed by atoms with Gasteiger partial charge in [-0.15, -0.1) is 0 Å². The standard InChI is InChI=1S/C57H109NO7/c1-6-8-10-12-14-16-18-20-22-24-26-28-30-32-34-36-38-40-42-44-46-48-56(60)65-53(51-63-50-49-54(57(61)62)58(3,4)5)52-64-55(59)47-45-43-41-39-37-35-33-31-29-27-25-23-21-19-17-15-13-11-9-7-2/h28,30,53-54H,6-27,29,31-52H2,1-5H3/p+1/b30-28+. The predicted molar refractivity (Wildman–Crippen MR) is 276 cm³/mol. The van der Waals surface area contributed by atoms with Gasteiger partial charge in [-0.3, -0.25) is 9.59 Å². The van der Waals surface area contributed by atoms with Crippen LogP contribution in [0.15, 0.2) is 12.2 Å². The molecule has 0 bridgehead atoms. The van der Waals surface area contributed by atoms with E-state index >= 15 is 0 Å². The average Bonchev–Trinajstić information content (AvgIpc) is 3.27. The van der Waals surface area contributed by atoms with Gasteiger partial charge in [0.25, 0.3) is 0 Å².